The Balaban J connectivity index is 1.68. The molecule has 0 aliphatic carbocycles. The average molecular weight is 457 g/mol. The van der Waals surface area contributed by atoms with E-state index >= 15 is 0 Å². The second-order valence-corrected chi connectivity index (χ2v) is 8.89. The highest BCUT2D eigenvalue weighted by molar-refractivity contribution is 7.80. The molecule has 1 N–H and O–H groups in total. The zero-order chi connectivity index (χ0) is 23.1. The minimum atomic E-state index is -0.229. The molecule has 166 valence electrons. The number of nitrogens with zero attached hydrogens (tertiary/aromatic N) is 3. The lowest BCUT2D eigenvalue weighted by molar-refractivity contribution is 0.549. The van der Waals surface area contributed by atoms with E-state index in [0.717, 1.165) is 22.8 Å². The molecule has 0 amide bonds. The van der Waals surface area contributed by atoms with Crippen LogP contribution in [0.4, 0.5) is 10.1 Å². The molecule has 2 aromatic carbocycles. The third-order valence-corrected chi connectivity index (χ3v) is 6.68. The van der Waals surface area contributed by atoms with Crippen LogP contribution in [-0.4, -0.2) is 14.7 Å². The maximum atomic E-state index is 14.1. The van der Waals surface area contributed by atoms with Crippen LogP contribution in [0.5, 0.6) is 0 Å². The number of hydrogen-bond acceptors (Lipinski definition) is 2. The van der Waals surface area contributed by atoms with Crippen LogP contribution in [-0.2, 0) is 0 Å². The summed E-state index contributed by atoms with van der Waals surface area (Å²) in [5, 5.41) is 4.07. The van der Waals surface area contributed by atoms with Crippen LogP contribution in [0, 0.1) is 26.6 Å². The van der Waals surface area contributed by atoms with E-state index in [1.807, 2.05) is 24.3 Å². The van der Waals surface area contributed by atoms with Gasteiger partial charge in [-0.3, -0.25) is 4.98 Å². The van der Waals surface area contributed by atoms with Crippen LogP contribution in [0.25, 0.3) is 5.69 Å². The third kappa shape index (κ3) is 3.80. The molecular weight excluding hydrogens is 431 g/mol. The van der Waals surface area contributed by atoms with E-state index in [0.29, 0.717) is 10.7 Å². The Kier molecular flexibility index (Phi) is 5.46. The Labute approximate surface area is 198 Å². The Hall–Kier alpha value is -3.51. The molecule has 4 nitrogen and oxygen atoms in total. The molecule has 0 radical (unpaired) electrons. The van der Waals surface area contributed by atoms with Crippen molar-refractivity contribution >= 4 is 23.0 Å². The van der Waals surface area contributed by atoms with Gasteiger partial charge in [0.15, 0.2) is 5.11 Å². The summed E-state index contributed by atoms with van der Waals surface area (Å²) in [6.45, 7) is 6.01. The van der Waals surface area contributed by atoms with Gasteiger partial charge in [0, 0.05) is 29.5 Å². The molecule has 6 heteroatoms. The SMILES string of the molecule is Cc1ccc(-n2cccc2C2C(c3ccccn3)NC(=S)N2c2ccc(F)c(C)c2)cc1C. The number of anilines is 1. The van der Waals surface area contributed by atoms with E-state index < -0.39 is 0 Å². The lowest BCUT2D eigenvalue weighted by atomic mass is 10.00. The molecule has 0 spiro atoms. The van der Waals surface area contributed by atoms with Crippen molar-refractivity contribution in [1.29, 1.82) is 0 Å². The standard InChI is InChI=1S/C27H25FN4S/c1-17-9-10-20(15-18(17)2)31-14-6-8-24(31)26-25(23-7-4-5-13-29-23)30-27(33)32(26)21-11-12-22(28)19(3)16-21/h4-16,25-26H,1-3H3,(H,30,33). The van der Waals surface area contributed by atoms with Gasteiger partial charge in [0.1, 0.15) is 11.9 Å². The molecule has 1 aliphatic rings. The zero-order valence-electron chi connectivity index (χ0n) is 18.8. The van der Waals surface area contributed by atoms with Crippen LogP contribution in [0.3, 0.4) is 0 Å². The number of benzene rings is 2. The summed E-state index contributed by atoms with van der Waals surface area (Å²) in [6, 6.07) is 21.3. The third-order valence-electron chi connectivity index (χ3n) is 6.37. The zero-order valence-corrected chi connectivity index (χ0v) is 19.6. The summed E-state index contributed by atoms with van der Waals surface area (Å²) < 4.78 is 16.3. The molecule has 1 saturated heterocycles. The Morgan fingerprint density at radius 2 is 1.67 bits per heavy atom. The summed E-state index contributed by atoms with van der Waals surface area (Å²) >= 11 is 5.81. The van der Waals surface area contributed by atoms with Gasteiger partial charge in [-0.25, -0.2) is 4.39 Å². The fourth-order valence-electron chi connectivity index (χ4n) is 4.46. The van der Waals surface area contributed by atoms with E-state index in [9.17, 15) is 4.39 Å². The fraction of sp³-hybridized carbons (Fsp3) is 0.185. The maximum Gasteiger partial charge on any atom is 0.174 e. The molecule has 3 heterocycles. The summed E-state index contributed by atoms with van der Waals surface area (Å²) in [7, 11) is 0. The fourth-order valence-corrected chi connectivity index (χ4v) is 4.80. The molecule has 0 bridgehead atoms. The van der Waals surface area contributed by atoms with Crippen molar-refractivity contribution in [3.63, 3.8) is 0 Å². The van der Waals surface area contributed by atoms with Gasteiger partial charge in [0.2, 0.25) is 0 Å². The van der Waals surface area contributed by atoms with Gasteiger partial charge in [-0.2, -0.15) is 0 Å². The molecule has 33 heavy (non-hydrogen) atoms. The first kappa shape index (κ1) is 21.3. The number of aromatic nitrogens is 2. The van der Waals surface area contributed by atoms with E-state index in [1.165, 1.54) is 17.2 Å². The summed E-state index contributed by atoms with van der Waals surface area (Å²) in [6.07, 6.45) is 3.87. The highest BCUT2D eigenvalue weighted by atomic mass is 32.1. The van der Waals surface area contributed by atoms with Gasteiger partial charge in [-0.05, 0) is 104 Å². The van der Waals surface area contributed by atoms with E-state index in [-0.39, 0.29) is 17.9 Å². The lowest BCUT2D eigenvalue weighted by Gasteiger charge is -2.29. The first-order valence-corrected chi connectivity index (χ1v) is 11.4. The predicted molar refractivity (Wildman–Crippen MR) is 134 cm³/mol. The van der Waals surface area contributed by atoms with Gasteiger partial charge >= 0.3 is 0 Å². The van der Waals surface area contributed by atoms with Crippen LogP contribution in [0.2, 0.25) is 0 Å². The number of aryl methyl sites for hydroxylation is 3. The molecule has 1 aliphatic heterocycles. The van der Waals surface area contributed by atoms with Crippen molar-refractivity contribution in [1.82, 2.24) is 14.9 Å². The van der Waals surface area contributed by atoms with Crippen molar-refractivity contribution < 1.29 is 4.39 Å². The first-order chi connectivity index (χ1) is 15.9. The number of rotatable bonds is 4. The Morgan fingerprint density at radius 1 is 0.879 bits per heavy atom. The highest BCUT2D eigenvalue weighted by Gasteiger charge is 2.42. The molecule has 0 saturated carbocycles. The summed E-state index contributed by atoms with van der Waals surface area (Å²) in [5.41, 5.74) is 6.99. The number of nitrogens with one attached hydrogen (secondary N) is 1. The minimum Gasteiger partial charge on any atom is -0.351 e. The number of halogens is 1. The molecule has 5 rings (SSSR count). The Bertz CT molecular complexity index is 1330. The van der Waals surface area contributed by atoms with Gasteiger partial charge in [-0.15, -0.1) is 0 Å². The lowest BCUT2D eigenvalue weighted by Crippen LogP contribution is -2.30. The van der Waals surface area contributed by atoms with Crippen molar-refractivity contribution in [2.75, 3.05) is 4.90 Å². The Morgan fingerprint density at radius 3 is 2.39 bits per heavy atom. The predicted octanol–water partition coefficient (Wildman–Crippen LogP) is 6.11. The average Bonchev–Trinajstić information content (AvgIpc) is 3.42. The quantitative estimate of drug-likeness (QED) is 0.376. The first-order valence-electron chi connectivity index (χ1n) is 11.0. The largest absolute Gasteiger partial charge is 0.351 e. The van der Waals surface area contributed by atoms with E-state index in [4.69, 9.17) is 12.2 Å². The minimum absolute atomic E-state index is 0.163. The summed E-state index contributed by atoms with van der Waals surface area (Å²) in [4.78, 5) is 6.70. The van der Waals surface area contributed by atoms with E-state index in [1.54, 1.807) is 19.2 Å². The second-order valence-electron chi connectivity index (χ2n) is 8.50. The van der Waals surface area contributed by atoms with Crippen molar-refractivity contribution in [3.8, 4) is 5.69 Å². The molecule has 1 fully saturated rings. The van der Waals surface area contributed by atoms with Crippen molar-refractivity contribution in [3.05, 3.63) is 113 Å². The molecule has 2 atom stereocenters. The van der Waals surface area contributed by atoms with Gasteiger partial charge < -0.3 is 14.8 Å². The van der Waals surface area contributed by atoms with Gasteiger partial charge in [0.25, 0.3) is 0 Å². The molecule has 2 unspecified atom stereocenters. The van der Waals surface area contributed by atoms with Crippen LogP contribution in [0.15, 0.2) is 79.1 Å². The molecule has 2 aromatic heterocycles. The van der Waals surface area contributed by atoms with Crippen LogP contribution < -0.4 is 10.2 Å². The smallest absolute Gasteiger partial charge is 0.174 e. The monoisotopic (exact) mass is 456 g/mol. The van der Waals surface area contributed by atoms with Crippen LogP contribution in [0.1, 0.15) is 40.2 Å². The molecular formula is C27H25FN4S. The van der Waals surface area contributed by atoms with Crippen molar-refractivity contribution in [2.45, 2.75) is 32.9 Å². The van der Waals surface area contributed by atoms with Gasteiger partial charge in [-0.1, -0.05) is 12.1 Å². The highest BCUT2D eigenvalue weighted by Crippen LogP contribution is 2.42. The van der Waals surface area contributed by atoms with Crippen molar-refractivity contribution in [2.24, 2.45) is 0 Å². The topological polar surface area (TPSA) is 33.1 Å². The number of hydrogen-bond donors (Lipinski definition) is 1. The van der Waals surface area contributed by atoms with Gasteiger partial charge in [0.05, 0.1) is 11.7 Å². The second kappa shape index (κ2) is 8.45. The number of thiocarbonyl (C=S) groups is 1. The normalized spacial score (nSPS) is 17.9. The van der Waals surface area contributed by atoms with E-state index in [2.05, 4.69) is 70.1 Å². The van der Waals surface area contributed by atoms with Crippen LogP contribution >= 0.6 is 12.2 Å². The molecule has 4 aromatic rings. The number of pyridine rings is 1. The summed E-state index contributed by atoms with van der Waals surface area (Å²) in [5.74, 6) is -0.229. The maximum absolute atomic E-state index is 14.1.